The van der Waals surface area contributed by atoms with Crippen molar-refractivity contribution in [1.29, 1.82) is 0 Å². The average Bonchev–Trinajstić information content (AvgIpc) is 2.47. The van der Waals surface area contributed by atoms with E-state index in [0.717, 1.165) is 11.1 Å². The fourth-order valence-electron chi connectivity index (χ4n) is 1.69. The first-order chi connectivity index (χ1) is 9.51. The number of sulfone groups is 1. The number of aryl methyl sites for hydroxylation is 1. The van der Waals surface area contributed by atoms with Crippen molar-refractivity contribution >= 4 is 15.9 Å². The number of hydrogen-bond acceptors (Lipinski definition) is 3. The van der Waals surface area contributed by atoms with E-state index in [2.05, 4.69) is 0 Å². The van der Waals surface area contributed by atoms with Gasteiger partial charge in [0.2, 0.25) is 0 Å². The van der Waals surface area contributed by atoms with Crippen LogP contribution in [0, 0.1) is 6.92 Å². The van der Waals surface area contributed by atoms with Gasteiger partial charge in [-0.3, -0.25) is 0 Å². The van der Waals surface area contributed by atoms with Crippen molar-refractivity contribution in [2.45, 2.75) is 11.8 Å². The van der Waals surface area contributed by atoms with E-state index >= 15 is 0 Å². The first kappa shape index (κ1) is 14.3. The molecule has 0 heterocycles. The van der Waals surface area contributed by atoms with Crippen molar-refractivity contribution in [2.75, 3.05) is 7.11 Å². The highest BCUT2D eigenvalue weighted by Crippen LogP contribution is 2.18. The third-order valence-electron chi connectivity index (χ3n) is 2.90. The summed E-state index contributed by atoms with van der Waals surface area (Å²) in [5.74, 6) is 0.631. The maximum absolute atomic E-state index is 12.1. The molecule has 0 amide bonds. The van der Waals surface area contributed by atoms with Crippen LogP contribution in [0.3, 0.4) is 0 Å². The average molecular weight is 288 g/mol. The summed E-state index contributed by atoms with van der Waals surface area (Å²) in [5, 5.41) is 1.22. The molecule has 4 heteroatoms. The Morgan fingerprint density at radius 1 is 0.950 bits per heavy atom. The molecule has 2 aromatic carbocycles. The maximum atomic E-state index is 12.1. The van der Waals surface area contributed by atoms with Crippen molar-refractivity contribution in [2.24, 2.45) is 0 Å². The van der Waals surface area contributed by atoms with Gasteiger partial charge in [0.05, 0.1) is 12.0 Å². The summed E-state index contributed by atoms with van der Waals surface area (Å²) in [6, 6.07) is 14.0. The van der Waals surface area contributed by atoms with E-state index in [4.69, 9.17) is 4.74 Å². The zero-order valence-corrected chi connectivity index (χ0v) is 12.2. The SMILES string of the molecule is COc1ccc(S(=O)(=O)/C=C/c2ccc(C)cc2)cc1. The number of ether oxygens (including phenoxy) is 1. The maximum Gasteiger partial charge on any atom is 0.199 e. The summed E-state index contributed by atoms with van der Waals surface area (Å²) < 4.78 is 29.3. The van der Waals surface area contributed by atoms with E-state index in [9.17, 15) is 8.42 Å². The van der Waals surface area contributed by atoms with Crippen molar-refractivity contribution in [3.8, 4) is 5.75 Å². The molecule has 3 nitrogen and oxygen atoms in total. The van der Waals surface area contributed by atoms with Crippen molar-refractivity contribution in [3.05, 3.63) is 65.1 Å². The van der Waals surface area contributed by atoms with Gasteiger partial charge in [-0.25, -0.2) is 8.42 Å². The number of rotatable bonds is 4. The van der Waals surface area contributed by atoms with E-state index < -0.39 is 9.84 Å². The van der Waals surface area contributed by atoms with Crippen LogP contribution in [-0.2, 0) is 9.84 Å². The summed E-state index contributed by atoms with van der Waals surface area (Å²) in [6.45, 7) is 1.99. The molecule has 0 N–H and O–H groups in total. The second-order valence-corrected chi connectivity index (χ2v) is 6.27. The molecular weight excluding hydrogens is 272 g/mol. The summed E-state index contributed by atoms with van der Waals surface area (Å²) in [6.07, 6.45) is 1.60. The van der Waals surface area contributed by atoms with Gasteiger partial charge in [-0.15, -0.1) is 0 Å². The number of methoxy groups -OCH3 is 1. The van der Waals surface area contributed by atoms with Gasteiger partial charge in [0, 0.05) is 5.41 Å². The van der Waals surface area contributed by atoms with Gasteiger partial charge >= 0.3 is 0 Å². The molecule has 0 radical (unpaired) electrons. The normalized spacial score (nSPS) is 11.7. The number of benzene rings is 2. The van der Waals surface area contributed by atoms with Crippen LogP contribution in [0.2, 0.25) is 0 Å². The van der Waals surface area contributed by atoms with Gasteiger partial charge in [0.25, 0.3) is 0 Å². The van der Waals surface area contributed by atoms with Crippen LogP contribution in [0.15, 0.2) is 58.8 Å². The lowest BCUT2D eigenvalue weighted by Gasteiger charge is -2.02. The van der Waals surface area contributed by atoms with E-state index in [1.165, 1.54) is 17.5 Å². The smallest absolute Gasteiger partial charge is 0.199 e. The zero-order chi connectivity index (χ0) is 14.6. The lowest BCUT2D eigenvalue weighted by atomic mass is 10.2. The predicted octanol–water partition coefficient (Wildman–Crippen LogP) is 3.45. The third kappa shape index (κ3) is 3.48. The molecule has 0 aliphatic carbocycles. The second-order valence-electron chi connectivity index (χ2n) is 4.43. The largest absolute Gasteiger partial charge is 0.497 e. The van der Waals surface area contributed by atoms with E-state index in [1.807, 2.05) is 31.2 Å². The van der Waals surface area contributed by atoms with Gasteiger partial charge in [-0.1, -0.05) is 29.8 Å². The highest BCUT2D eigenvalue weighted by atomic mass is 32.2. The van der Waals surface area contributed by atoms with Crippen LogP contribution in [0.25, 0.3) is 6.08 Å². The number of hydrogen-bond donors (Lipinski definition) is 0. The molecule has 0 unspecified atom stereocenters. The zero-order valence-electron chi connectivity index (χ0n) is 11.4. The lowest BCUT2D eigenvalue weighted by molar-refractivity contribution is 0.414. The minimum Gasteiger partial charge on any atom is -0.497 e. The van der Waals surface area contributed by atoms with Gasteiger partial charge in [0.15, 0.2) is 9.84 Å². The highest BCUT2D eigenvalue weighted by molar-refractivity contribution is 7.94. The third-order valence-corrected chi connectivity index (χ3v) is 4.33. The summed E-state index contributed by atoms with van der Waals surface area (Å²) >= 11 is 0. The Morgan fingerprint density at radius 2 is 1.55 bits per heavy atom. The van der Waals surface area contributed by atoms with Crippen LogP contribution in [0.5, 0.6) is 5.75 Å². The van der Waals surface area contributed by atoms with Crippen LogP contribution in [0.4, 0.5) is 0 Å². The summed E-state index contributed by atoms with van der Waals surface area (Å²) in [4.78, 5) is 0.252. The molecule has 0 aliphatic heterocycles. The van der Waals surface area contributed by atoms with E-state index in [1.54, 1.807) is 25.3 Å². The lowest BCUT2D eigenvalue weighted by Crippen LogP contribution is -1.96. The van der Waals surface area contributed by atoms with Crippen LogP contribution < -0.4 is 4.74 Å². The molecule has 20 heavy (non-hydrogen) atoms. The fraction of sp³-hybridized carbons (Fsp3) is 0.125. The Morgan fingerprint density at radius 3 is 2.10 bits per heavy atom. The van der Waals surface area contributed by atoms with Gasteiger partial charge in [0.1, 0.15) is 5.75 Å². The van der Waals surface area contributed by atoms with Crippen LogP contribution in [-0.4, -0.2) is 15.5 Å². The van der Waals surface area contributed by atoms with E-state index in [-0.39, 0.29) is 4.90 Å². The molecule has 0 aromatic heterocycles. The first-order valence-corrected chi connectivity index (χ1v) is 7.70. The fourth-order valence-corrected chi connectivity index (χ4v) is 2.70. The minimum absolute atomic E-state index is 0.252. The molecule has 0 saturated heterocycles. The van der Waals surface area contributed by atoms with Crippen molar-refractivity contribution in [1.82, 2.24) is 0 Å². The van der Waals surface area contributed by atoms with Crippen LogP contribution >= 0.6 is 0 Å². The van der Waals surface area contributed by atoms with Gasteiger partial charge in [-0.05, 0) is 42.8 Å². The molecule has 104 valence electrons. The Kier molecular flexibility index (Phi) is 4.25. The standard InChI is InChI=1S/C16H16O3S/c1-13-3-5-14(6-4-13)11-12-20(17,18)16-9-7-15(19-2)8-10-16/h3-12H,1-2H3/b12-11+. The van der Waals surface area contributed by atoms with Gasteiger partial charge in [-0.2, -0.15) is 0 Å². The highest BCUT2D eigenvalue weighted by Gasteiger charge is 2.09. The molecule has 2 rings (SSSR count). The molecule has 0 saturated carbocycles. The quantitative estimate of drug-likeness (QED) is 0.865. The molecule has 0 bridgehead atoms. The Balaban J connectivity index is 2.23. The molecular formula is C16H16O3S. The Hall–Kier alpha value is -2.07. The topological polar surface area (TPSA) is 43.4 Å². The predicted molar refractivity (Wildman–Crippen MR) is 80.4 cm³/mol. The van der Waals surface area contributed by atoms with Crippen molar-refractivity contribution < 1.29 is 13.2 Å². The summed E-state index contributed by atoms with van der Waals surface area (Å²) in [5.41, 5.74) is 1.99. The van der Waals surface area contributed by atoms with Gasteiger partial charge < -0.3 is 4.74 Å². The molecule has 0 atom stereocenters. The van der Waals surface area contributed by atoms with Crippen LogP contribution in [0.1, 0.15) is 11.1 Å². The molecule has 0 fully saturated rings. The monoisotopic (exact) mass is 288 g/mol. The first-order valence-electron chi connectivity index (χ1n) is 6.15. The second kappa shape index (κ2) is 5.92. The Bertz CT molecular complexity index is 696. The minimum atomic E-state index is -3.43. The van der Waals surface area contributed by atoms with E-state index in [0.29, 0.717) is 5.75 Å². The molecule has 2 aromatic rings. The van der Waals surface area contributed by atoms with Crippen molar-refractivity contribution in [3.63, 3.8) is 0 Å². The Labute approximate surface area is 119 Å². The molecule has 0 spiro atoms. The summed E-state index contributed by atoms with van der Waals surface area (Å²) in [7, 11) is -1.89. The molecule has 0 aliphatic rings.